The Morgan fingerprint density at radius 2 is 2.04 bits per heavy atom. The van der Waals surface area contributed by atoms with E-state index in [1.165, 1.54) is 6.33 Å². The van der Waals surface area contributed by atoms with E-state index in [0.717, 1.165) is 36.3 Å². The van der Waals surface area contributed by atoms with Crippen molar-refractivity contribution in [2.24, 2.45) is 0 Å². The summed E-state index contributed by atoms with van der Waals surface area (Å²) < 4.78 is 13.9. The van der Waals surface area contributed by atoms with Crippen molar-refractivity contribution in [3.8, 4) is 23.0 Å². The van der Waals surface area contributed by atoms with Crippen molar-refractivity contribution >= 4 is 22.8 Å². The van der Waals surface area contributed by atoms with Crippen LogP contribution < -0.4 is 9.47 Å². The van der Waals surface area contributed by atoms with Gasteiger partial charge in [-0.1, -0.05) is 24.6 Å². The van der Waals surface area contributed by atoms with Gasteiger partial charge in [-0.05, 0) is 45.2 Å². The van der Waals surface area contributed by atoms with Gasteiger partial charge in [0, 0.05) is 12.1 Å². The van der Waals surface area contributed by atoms with Crippen LogP contribution in [0.4, 0.5) is 0 Å². The molecule has 0 bridgehead atoms. The van der Waals surface area contributed by atoms with Crippen LogP contribution in [0.2, 0.25) is 5.02 Å². The van der Waals surface area contributed by atoms with Crippen molar-refractivity contribution in [1.29, 1.82) is 0 Å². The number of rotatable bonds is 7. The Kier molecular flexibility index (Phi) is 4.68. The molecule has 3 aromatic rings. The highest BCUT2D eigenvalue weighted by Gasteiger charge is 2.41. The van der Waals surface area contributed by atoms with Gasteiger partial charge in [-0.2, -0.15) is 4.98 Å². The molecule has 1 fully saturated rings. The first-order valence-corrected chi connectivity index (χ1v) is 9.76. The van der Waals surface area contributed by atoms with Crippen LogP contribution in [0.1, 0.15) is 40.0 Å². The molecule has 0 amide bonds. The van der Waals surface area contributed by atoms with Crippen LogP contribution >= 0.6 is 11.6 Å². The fourth-order valence-electron chi connectivity index (χ4n) is 3.01. The number of benzene rings is 1. The summed E-state index contributed by atoms with van der Waals surface area (Å²) in [5.41, 5.74) is 2.09. The summed E-state index contributed by atoms with van der Waals surface area (Å²) >= 11 is 6.65. The molecule has 0 unspecified atom stereocenters. The summed E-state index contributed by atoms with van der Waals surface area (Å²) in [6.45, 7) is 7.53. The lowest BCUT2D eigenvalue weighted by Gasteiger charge is -2.11. The Bertz CT molecular complexity index is 982. The van der Waals surface area contributed by atoms with Gasteiger partial charge < -0.3 is 14.0 Å². The molecule has 2 heterocycles. The van der Waals surface area contributed by atoms with Gasteiger partial charge in [0.05, 0.1) is 11.6 Å². The van der Waals surface area contributed by atoms with Crippen molar-refractivity contribution in [2.45, 2.75) is 52.2 Å². The molecule has 0 N–H and O–H groups in total. The van der Waals surface area contributed by atoms with Crippen LogP contribution in [0.3, 0.4) is 0 Å². The summed E-state index contributed by atoms with van der Waals surface area (Å²) in [4.78, 5) is 13.6. The third kappa shape index (κ3) is 3.34. The average molecular weight is 387 g/mol. The number of imidazole rings is 1. The molecule has 2 aromatic heterocycles. The van der Waals surface area contributed by atoms with Gasteiger partial charge >= 0.3 is 0 Å². The minimum absolute atomic E-state index is 0.136. The molecule has 0 radical (unpaired) electrons. The van der Waals surface area contributed by atoms with Gasteiger partial charge in [0.15, 0.2) is 11.2 Å². The normalized spacial score (nSPS) is 15.1. The highest BCUT2D eigenvalue weighted by atomic mass is 35.5. The second-order valence-corrected chi connectivity index (χ2v) is 7.43. The van der Waals surface area contributed by atoms with Crippen LogP contribution in [0.15, 0.2) is 24.5 Å². The Morgan fingerprint density at radius 1 is 1.22 bits per heavy atom. The summed E-state index contributed by atoms with van der Waals surface area (Å²) in [6.07, 6.45) is 4.51. The average Bonchev–Trinajstić information content (AvgIpc) is 3.26. The number of aromatic nitrogens is 4. The number of ether oxygens (including phenoxy) is 2. The first-order chi connectivity index (χ1) is 13.1. The fourth-order valence-corrected chi connectivity index (χ4v) is 3.28. The smallest absolute Gasteiger partial charge is 0.245 e. The number of fused-ring (bicyclic) bond motifs is 1. The van der Waals surface area contributed by atoms with Crippen molar-refractivity contribution in [2.75, 3.05) is 6.61 Å². The largest absolute Gasteiger partial charge is 0.492 e. The number of nitrogens with zero attached hydrogens (tertiary/aromatic N) is 4. The number of hydrogen-bond donors (Lipinski definition) is 0. The quantitative estimate of drug-likeness (QED) is 0.578. The van der Waals surface area contributed by atoms with Crippen molar-refractivity contribution < 1.29 is 9.47 Å². The van der Waals surface area contributed by atoms with Crippen LogP contribution in [0.5, 0.6) is 11.6 Å². The van der Waals surface area contributed by atoms with E-state index in [1.54, 1.807) is 0 Å². The molecule has 0 aliphatic heterocycles. The summed E-state index contributed by atoms with van der Waals surface area (Å²) in [5.74, 6) is 1.94. The molecule has 4 rings (SSSR count). The van der Waals surface area contributed by atoms with Crippen LogP contribution in [0.25, 0.3) is 22.6 Å². The predicted octanol–water partition coefficient (Wildman–Crippen LogP) is 4.89. The Morgan fingerprint density at radius 3 is 2.74 bits per heavy atom. The van der Waals surface area contributed by atoms with E-state index in [2.05, 4.69) is 30.7 Å². The molecular weight excluding hydrogens is 364 g/mol. The van der Waals surface area contributed by atoms with Crippen molar-refractivity contribution in [1.82, 2.24) is 19.5 Å². The molecule has 6 nitrogen and oxygen atoms in total. The minimum atomic E-state index is -0.136. The fraction of sp³-hybridized carbons (Fsp3) is 0.450. The van der Waals surface area contributed by atoms with Crippen LogP contribution in [0, 0.1) is 0 Å². The van der Waals surface area contributed by atoms with Gasteiger partial charge in [-0.3, -0.25) is 0 Å². The highest BCUT2D eigenvalue weighted by Crippen LogP contribution is 2.41. The third-order valence-corrected chi connectivity index (χ3v) is 5.17. The van der Waals surface area contributed by atoms with E-state index in [0.29, 0.717) is 35.3 Å². The molecule has 1 aliphatic rings. The van der Waals surface area contributed by atoms with Crippen molar-refractivity contribution in [3.05, 3.63) is 29.5 Å². The lowest BCUT2D eigenvalue weighted by atomic mass is 10.2. The standard InChI is InChI=1S/C20H23ClN4O2/c1-4-11-26-14-8-6-7-13(15(14)21)17-24-16-18(25(17)5-2)22-12-23-19(16)27-20(3)9-10-20/h6-8,12H,4-5,9-11H2,1-3H3. The molecular formula is C20H23ClN4O2. The van der Waals surface area contributed by atoms with Crippen LogP contribution in [-0.4, -0.2) is 31.7 Å². The second kappa shape index (κ2) is 7.00. The number of halogens is 1. The van der Waals surface area contributed by atoms with E-state index >= 15 is 0 Å². The number of aryl methyl sites for hydroxylation is 1. The maximum absolute atomic E-state index is 6.65. The zero-order valence-corrected chi connectivity index (χ0v) is 16.6. The summed E-state index contributed by atoms with van der Waals surface area (Å²) in [5, 5.41) is 0.556. The molecule has 0 saturated heterocycles. The Labute approximate surface area is 163 Å². The molecule has 1 aliphatic carbocycles. The van der Waals surface area contributed by atoms with Gasteiger partial charge in [0.1, 0.15) is 23.5 Å². The lowest BCUT2D eigenvalue weighted by molar-refractivity contribution is 0.194. The molecule has 1 aromatic carbocycles. The van der Waals surface area contributed by atoms with Gasteiger partial charge in [0.2, 0.25) is 5.88 Å². The molecule has 1 saturated carbocycles. The Hall–Kier alpha value is -2.34. The second-order valence-electron chi connectivity index (χ2n) is 7.05. The maximum atomic E-state index is 6.65. The third-order valence-electron chi connectivity index (χ3n) is 4.78. The van der Waals surface area contributed by atoms with Crippen LogP contribution in [-0.2, 0) is 6.54 Å². The highest BCUT2D eigenvalue weighted by molar-refractivity contribution is 6.34. The topological polar surface area (TPSA) is 62.1 Å². The zero-order valence-electron chi connectivity index (χ0n) is 15.8. The SMILES string of the molecule is CCCOc1cccc(-c2nc3c(OC4(C)CC4)ncnc3n2CC)c1Cl. The van der Waals surface area contributed by atoms with Crippen molar-refractivity contribution in [3.63, 3.8) is 0 Å². The van der Waals surface area contributed by atoms with Gasteiger partial charge in [0.25, 0.3) is 0 Å². The molecule has 7 heteroatoms. The zero-order chi connectivity index (χ0) is 19.0. The number of hydrogen-bond acceptors (Lipinski definition) is 5. The molecule has 0 atom stereocenters. The maximum Gasteiger partial charge on any atom is 0.245 e. The van der Waals surface area contributed by atoms with E-state index < -0.39 is 0 Å². The minimum Gasteiger partial charge on any atom is -0.492 e. The van der Waals surface area contributed by atoms with E-state index in [4.69, 9.17) is 26.1 Å². The van der Waals surface area contributed by atoms with Gasteiger partial charge in [-0.25, -0.2) is 9.97 Å². The predicted molar refractivity (Wildman–Crippen MR) is 105 cm³/mol. The molecule has 27 heavy (non-hydrogen) atoms. The van der Waals surface area contributed by atoms with E-state index in [9.17, 15) is 0 Å². The summed E-state index contributed by atoms with van der Waals surface area (Å²) in [6, 6.07) is 5.76. The van der Waals surface area contributed by atoms with E-state index in [1.807, 2.05) is 22.8 Å². The lowest BCUT2D eigenvalue weighted by Crippen LogP contribution is -2.13. The monoisotopic (exact) mass is 386 g/mol. The first-order valence-electron chi connectivity index (χ1n) is 9.38. The Balaban J connectivity index is 1.83. The molecule has 0 spiro atoms. The molecule has 142 valence electrons. The van der Waals surface area contributed by atoms with Gasteiger partial charge in [-0.15, -0.1) is 0 Å². The first kappa shape index (κ1) is 18.0. The van der Waals surface area contributed by atoms with E-state index in [-0.39, 0.29) is 5.60 Å². The summed E-state index contributed by atoms with van der Waals surface area (Å²) in [7, 11) is 0.